The predicted octanol–water partition coefficient (Wildman–Crippen LogP) is 1.57. The van der Waals surface area contributed by atoms with Gasteiger partial charge < -0.3 is 14.1 Å². The van der Waals surface area contributed by atoms with Gasteiger partial charge in [-0.2, -0.15) is 4.98 Å². The Morgan fingerprint density at radius 1 is 1.33 bits per heavy atom. The first-order chi connectivity index (χ1) is 8.74. The predicted molar refractivity (Wildman–Crippen MR) is 63.7 cm³/mol. The maximum atomic E-state index is 10.7. The number of benzene rings is 1. The van der Waals surface area contributed by atoms with Gasteiger partial charge >= 0.3 is 0 Å². The molecule has 18 heavy (non-hydrogen) atoms. The van der Waals surface area contributed by atoms with Gasteiger partial charge in [-0.1, -0.05) is 0 Å². The quantitative estimate of drug-likeness (QED) is 0.593. The minimum Gasteiger partial charge on any atom is -0.423 e. The summed E-state index contributed by atoms with van der Waals surface area (Å²) < 4.78 is 10.8. The fourth-order valence-corrected chi connectivity index (χ4v) is 1.90. The molecule has 0 N–H and O–H groups in total. The number of nitro benzene ring substituents is 1. The number of non-ortho nitro benzene ring substituents is 1. The molecule has 1 aliphatic rings. The number of nitro groups is 1. The van der Waals surface area contributed by atoms with Crippen LogP contribution in [0.2, 0.25) is 0 Å². The van der Waals surface area contributed by atoms with Crippen LogP contribution in [0.1, 0.15) is 0 Å². The number of anilines is 1. The smallest absolute Gasteiger partial charge is 0.298 e. The highest BCUT2D eigenvalue weighted by atomic mass is 16.6. The number of oxazole rings is 1. The molecule has 1 fully saturated rings. The highest BCUT2D eigenvalue weighted by molar-refractivity contribution is 5.77. The number of rotatable bonds is 2. The Kier molecular flexibility index (Phi) is 2.60. The first-order valence-electron chi connectivity index (χ1n) is 5.62. The van der Waals surface area contributed by atoms with Gasteiger partial charge in [-0.15, -0.1) is 0 Å². The first-order valence-corrected chi connectivity index (χ1v) is 5.62. The van der Waals surface area contributed by atoms with Crippen LogP contribution in [-0.4, -0.2) is 36.2 Å². The molecular weight excluding hydrogens is 238 g/mol. The van der Waals surface area contributed by atoms with Gasteiger partial charge in [0.25, 0.3) is 11.7 Å². The average molecular weight is 249 g/mol. The summed E-state index contributed by atoms with van der Waals surface area (Å²) in [6.07, 6.45) is 0. The first kappa shape index (κ1) is 11.0. The second-order valence-electron chi connectivity index (χ2n) is 4.00. The van der Waals surface area contributed by atoms with Gasteiger partial charge in [-0.3, -0.25) is 10.1 Å². The Balaban J connectivity index is 1.97. The summed E-state index contributed by atoms with van der Waals surface area (Å²) in [7, 11) is 0. The summed E-state index contributed by atoms with van der Waals surface area (Å²) in [5, 5.41) is 10.7. The van der Waals surface area contributed by atoms with Crippen LogP contribution in [0.4, 0.5) is 11.7 Å². The van der Waals surface area contributed by atoms with Crippen molar-refractivity contribution in [3.8, 4) is 0 Å². The lowest BCUT2D eigenvalue weighted by Crippen LogP contribution is -2.36. The van der Waals surface area contributed by atoms with Crippen molar-refractivity contribution >= 4 is 22.8 Å². The fraction of sp³-hybridized carbons (Fsp3) is 0.364. The highest BCUT2D eigenvalue weighted by Crippen LogP contribution is 2.25. The summed E-state index contributed by atoms with van der Waals surface area (Å²) in [5.74, 6) is 0. The molecule has 0 saturated carbocycles. The molecule has 7 nitrogen and oxygen atoms in total. The van der Waals surface area contributed by atoms with Crippen molar-refractivity contribution in [3.63, 3.8) is 0 Å². The minimum absolute atomic E-state index is 0.00665. The summed E-state index contributed by atoms with van der Waals surface area (Å²) in [6.45, 7) is 2.71. The molecule has 1 saturated heterocycles. The molecule has 0 radical (unpaired) electrons. The minimum atomic E-state index is -0.448. The van der Waals surface area contributed by atoms with Crippen molar-refractivity contribution in [1.29, 1.82) is 0 Å². The Bertz CT molecular complexity index is 589. The van der Waals surface area contributed by atoms with E-state index in [1.807, 2.05) is 4.90 Å². The van der Waals surface area contributed by atoms with Gasteiger partial charge in [0.2, 0.25) is 0 Å². The van der Waals surface area contributed by atoms with E-state index in [1.165, 1.54) is 12.1 Å². The molecule has 0 bridgehead atoms. The number of aromatic nitrogens is 1. The van der Waals surface area contributed by atoms with E-state index in [4.69, 9.17) is 9.15 Å². The molecule has 0 amide bonds. The Morgan fingerprint density at radius 3 is 2.83 bits per heavy atom. The fourth-order valence-electron chi connectivity index (χ4n) is 1.90. The Morgan fingerprint density at radius 2 is 2.11 bits per heavy atom. The van der Waals surface area contributed by atoms with Crippen LogP contribution in [-0.2, 0) is 4.74 Å². The number of fused-ring (bicyclic) bond motifs is 1. The molecule has 1 aliphatic heterocycles. The number of hydrogen-bond donors (Lipinski definition) is 0. The van der Waals surface area contributed by atoms with E-state index in [2.05, 4.69) is 4.98 Å². The summed E-state index contributed by atoms with van der Waals surface area (Å²) in [6, 6.07) is 4.91. The number of morpholine rings is 1. The molecular formula is C11H11N3O4. The topological polar surface area (TPSA) is 81.6 Å². The lowest BCUT2D eigenvalue weighted by Gasteiger charge is -2.24. The highest BCUT2D eigenvalue weighted by Gasteiger charge is 2.18. The van der Waals surface area contributed by atoms with Crippen LogP contribution in [0.15, 0.2) is 22.6 Å². The van der Waals surface area contributed by atoms with Crippen LogP contribution >= 0.6 is 0 Å². The van der Waals surface area contributed by atoms with Gasteiger partial charge in [-0.25, -0.2) is 0 Å². The molecule has 1 aromatic heterocycles. The van der Waals surface area contributed by atoms with Crippen LogP contribution in [0.5, 0.6) is 0 Å². The maximum Gasteiger partial charge on any atom is 0.298 e. The molecule has 94 valence electrons. The summed E-state index contributed by atoms with van der Waals surface area (Å²) >= 11 is 0. The molecule has 2 heterocycles. The van der Waals surface area contributed by atoms with Crippen molar-refractivity contribution in [2.75, 3.05) is 31.2 Å². The molecule has 0 unspecified atom stereocenters. The zero-order valence-corrected chi connectivity index (χ0v) is 9.54. The van der Waals surface area contributed by atoms with E-state index < -0.39 is 4.92 Å². The zero-order valence-electron chi connectivity index (χ0n) is 9.54. The second kappa shape index (κ2) is 4.26. The van der Waals surface area contributed by atoms with Gasteiger partial charge in [0.1, 0.15) is 5.52 Å². The molecule has 0 aliphatic carbocycles. The van der Waals surface area contributed by atoms with Crippen LogP contribution in [0.3, 0.4) is 0 Å². The number of hydrogen-bond acceptors (Lipinski definition) is 6. The van der Waals surface area contributed by atoms with E-state index in [-0.39, 0.29) is 5.69 Å². The largest absolute Gasteiger partial charge is 0.423 e. The van der Waals surface area contributed by atoms with Gasteiger partial charge in [0.05, 0.1) is 24.2 Å². The molecule has 3 rings (SSSR count). The van der Waals surface area contributed by atoms with E-state index >= 15 is 0 Å². The van der Waals surface area contributed by atoms with Crippen molar-refractivity contribution < 1.29 is 14.1 Å². The summed E-state index contributed by atoms with van der Waals surface area (Å²) in [4.78, 5) is 16.5. The molecule has 1 aromatic carbocycles. The third-order valence-electron chi connectivity index (χ3n) is 2.85. The third-order valence-corrected chi connectivity index (χ3v) is 2.85. The molecule has 0 spiro atoms. The standard InChI is InChI=1S/C11H11N3O4/c15-14(16)8-1-2-9-10(7-8)18-11(12-9)13-3-5-17-6-4-13/h1-2,7H,3-6H2. The second-order valence-corrected chi connectivity index (χ2v) is 4.00. The lowest BCUT2D eigenvalue weighted by molar-refractivity contribution is -0.384. The summed E-state index contributed by atoms with van der Waals surface area (Å²) in [5.41, 5.74) is 1.07. The number of ether oxygens (including phenoxy) is 1. The average Bonchev–Trinajstić information content (AvgIpc) is 2.82. The van der Waals surface area contributed by atoms with Crippen LogP contribution in [0, 0.1) is 10.1 Å². The third kappa shape index (κ3) is 1.88. The van der Waals surface area contributed by atoms with Crippen molar-refractivity contribution in [3.05, 3.63) is 28.3 Å². The van der Waals surface area contributed by atoms with Crippen LogP contribution in [0.25, 0.3) is 11.1 Å². The zero-order chi connectivity index (χ0) is 12.5. The van der Waals surface area contributed by atoms with E-state index in [0.29, 0.717) is 30.3 Å². The van der Waals surface area contributed by atoms with E-state index in [0.717, 1.165) is 13.1 Å². The molecule has 7 heteroatoms. The Hall–Kier alpha value is -2.15. The lowest BCUT2D eigenvalue weighted by atomic mass is 10.3. The van der Waals surface area contributed by atoms with Crippen LogP contribution < -0.4 is 4.90 Å². The maximum absolute atomic E-state index is 10.7. The van der Waals surface area contributed by atoms with Gasteiger partial charge in [0, 0.05) is 19.2 Å². The van der Waals surface area contributed by atoms with Gasteiger partial charge in [-0.05, 0) is 6.07 Å². The van der Waals surface area contributed by atoms with Gasteiger partial charge in [0.15, 0.2) is 5.58 Å². The van der Waals surface area contributed by atoms with E-state index in [1.54, 1.807) is 6.07 Å². The SMILES string of the molecule is O=[N+]([O-])c1ccc2nc(N3CCOCC3)oc2c1. The normalized spacial score (nSPS) is 16.1. The van der Waals surface area contributed by atoms with E-state index in [9.17, 15) is 10.1 Å². The monoisotopic (exact) mass is 249 g/mol. The van der Waals surface area contributed by atoms with Crippen molar-refractivity contribution in [1.82, 2.24) is 4.98 Å². The Labute approximate surface area is 102 Å². The molecule has 0 atom stereocenters. The number of nitrogens with zero attached hydrogens (tertiary/aromatic N) is 3. The van der Waals surface area contributed by atoms with Crippen molar-refractivity contribution in [2.24, 2.45) is 0 Å². The van der Waals surface area contributed by atoms with Crippen molar-refractivity contribution in [2.45, 2.75) is 0 Å². The molecule has 2 aromatic rings.